The van der Waals surface area contributed by atoms with Crippen molar-refractivity contribution in [1.82, 2.24) is 4.98 Å². The molecule has 0 spiro atoms. The zero-order chi connectivity index (χ0) is 12.9. The monoisotopic (exact) mass is 267 g/mol. The highest BCUT2D eigenvalue weighted by Gasteiger charge is 2.20. The van der Waals surface area contributed by atoms with Gasteiger partial charge in [-0.15, -0.1) is 0 Å². The molecule has 0 saturated carbocycles. The highest BCUT2D eigenvalue weighted by Crippen LogP contribution is 2.29. The average Bonchev–Trinajstić information content (AvgIpc) is 2.32. The van der Waals surface area contributed by atoms with Crippen LogP contribution in [0.4, 0.5) is 4.39 Å². The van der Waals surface area contributed by atoms with E-state index in [2.05, 4.69) is 9.72 Å². The smallest absolute Gasteiger partial charge is 0.358 e. The van der Waals surface area contributed by atoms with E-state index in [0.717, 1.165) is 0 Å². The number of carbonyl (C=O) groups excluding carboxylic acids is 1. The predicted octanol–water partition coefficient (Wildman–Crippen LogP) is 3.65. The minimum atomic E-state index is -0.750. The van der Waals surface area contributed by atoms with Crippen molar-refractivity contribution in [3.05, 3.63) is 27.3 Å². The van der Waals surface area contributed by atoms with Gasteiger partial charge in [-0.1, -0.05) is 37.0 Å². The Morgan fingerprint density at radius 2 is 1.81 bits per heavy atom. The van der Waals surface area contributed by atoms with Crippen LogP contribution in [0, 0.1) is 12.7 Å². The third kappa shape index (κ3) is 3.06. The summed E-state index contributed by atoms with van der Waals surface area (Å²) in [6, 6.07) is 0. The molecule has 16 heavy (non-hydrogen) atoms. The Morgan fingerprint density at radius 1 is 1.31 bits per heavy atom. The van der Waals surface area contributed by atoms with E-state index in [-0.39, 0.29) is 21.4 Å². The van der Waals surface area contributed by atoms with Gasteiger partial charge >= 0.3 is 5.97 Å². The second-order valence-electron chi connectivity index (χ2n) is 2.48. The van der Waals surface area contributed by atoms with Crippen LogP contribution < -0.4 is 0 Å². The van der Waals surface area contributed by atoms with Crippen LogP contribution in [0.5, 0.6) is 0 Å². The molecule has 0 aliphatic heterocycles. The first kappa shape index (κ1) is 15.1. The number of halogens is 3. The largest absolute Gasteiger partial charge is 0.464 e. The van der Waals surface area contributed by atoms with E-state index in [4.69, 9.17) is 23.2 Å². The Kier molecular flexibility index (Phi) is 6.29. The molecule has 0 radical (unpaired) electrons. The highest BCUT2D eigenvalue weighted by molar-refractivity contribution is 6.43. The number of esters is 1. The molecule has 0 atom stereocenters. The minimum absolute atomic E-state index is 0.000185. The summed E-state index contributed by atoms with van der Waals surface area (Å²) in [7, 11) is 1.17. The van der Waals surface area contributed by atoms with Crippen molar-refractivity contribution in [1.29, 1.82) is 0 Å². The zero-order valence-corrected chi connectivity index (χ0v) is 10.9. The molecule has 1 rings (SSSR count). The van der Waals surface area contributed by atoms with Crippen molar-refractivity contribution in [2.24, 2.45) is 0 Å². The standard InChI is InChI=1S/C8H6Cl2FNO2.C2H6/c1-3-6(11)4(9)5(10)7(12-3)8(13)14-2;1-2/h1-2H3;1-2H3. The van der Waals surface area contributed by atoms with Crippen molar-refractivity contribution < 1.29 is 13.9 Å². The maximum Gasteiger partial charge on any atom is 0.358 e. The van der Waals surface area contributed by atoms with Gasteiger partial charge in [-0.05, 0) is 6.92 Å². The molecule has 3 nitrogen and oxygen atoms in total. The summed E-state index contributed by atoms with van der Waals surface area (Å²) in [6.07, 6.45) is 0. The zero-order valence-electron chi connectivity index (χ0n) is 9.40. The summed E-state index contributed by atoms with van der Waals surface area (Å²) in [5, 5.41) is -0.554. The second-order valence-corrected chi connectivity index (χ2v) is 3.24. The number of methoxy groups -OCH3 is 1. The van der Waals surface area contributed by atoms with E-state index in [9.17, 15) is 9.18 Å². The number of aromatic nitrogens is 1. The first-order valence-corrected chi connectivity index (χ1v) is 5.34. The molecule has 0 saturated heterocycles. The Hall–Kier alpha value is -0.870. The van der Waals surface area contributed by atoms with Crippen LogP contribution in [0.15, 0.2) is 0 Å². The SMILES string of the molecule is CC.COC(=O)c1nc(C)c(F)c(Cl)c1Cl. The van der Waals surface area contributed by atoms with E-state index in [1.54, 1.807) is 0 Å². The number of aryl methyl sites for hydroxylation is 1. The maximum atomic E-state index is 13.1. The molecule has 0 aliphatic rings. The molecule has 0 aliphatic carbocycles. The van der Waals surface area contributed by atoms with Crippen molar-refractivity contribution in [2.45, 2.75) is 20.8 Å². The molecule has 0 fully saturated rings. The molecule has 1 aromatic heterocycles. The topological polar surface area (TPSA) is 39.2 Å². The summed E-state index contributed by atoms with van der Waals surface area (Å²) in [5.74, 6) is -1.48. The summed E-state index contributed by atoms with van der Waals surface area (Å²) in [6.45, 7) is 5.38. The fourth-order valence-corrected chi connectivity index (χ4v) is 1.29. The Balaban J connectivity index is 0.00000106. The molecule has 1 heterocycles. The molecule has 0 aromatic carbocycles. The lowest BCUT2D eigenvalue weighted by molar-refractivity contribution is 0.0594. The molecular weight excluding hydrogens is 256 g/mol. The number of rotatable bonds is 1. The summed E-state index contributed by atoms with van der Waals surface area (Å²) < 4.78 is 17.5. The normalized spacial score (nSPS) is 9.19. The van der Waals surface area contributed by atoms with Crippen molar-refractivity contribution in [3.63, 3.8) is 0 Å². The quantitative estimate of drug-likeness (QED) is 0.730. The van der Waals surface area contributed by atoms with Gasteiger partial charge in [0.15, 0.2) is 11.5 Å². The van der Waals surface area contributed by atoms with Crippen molar-refractivity contribution >= 4 is 29.2 Å². The maximum absolute atomic E-state index is 13.1. The molecule has 0 bridgehead atoms. The Bertz CT molecular complexity index is 397. The predicted molar refractivity (Wildman–Crippen MR) is 61.6 cm³/mol. The first-order valence-electron chi connectivity index (χ1n) is 4.58. The van der Waals surface area contributed by atoms with Crippen molar-refractivity contribution in [2.75, 3.05) is 7.11 Å². The van der Waals surface area contributed by atoms with Crippen LogP contribution in [0.25, 0.3) is 0 Å². The first-order chi connectivity index (χ1) is 7.49. The van der Waals surface area contributed by atoms with E-state index in [1.165, 1.54) is 14.0 Å². The van der Waals surface area contributed by atoms with Crippen LogP contribution in [-0.4, -0.2) is 18.1 Å². The second kappa shape index (κ2) is 6.66. The molecular formula is C10H12Cl2FNO2. The van der Waals surface area contributed by atoms with Gasteiger partial charge in [-0.3, -0.25) is 0 Å². The Labute approximate surface area is 104 Å². The number of hydrogen-bond acceptors (Lipinski definition) is 3. The third-order valence-corrected chi connectivity index (χ3v) is 2.39. The van der Waals surface area contributed by atoms with E-state index < -0.39 is 11.8 Å². The van der Waals surface area contributed by atoms with Crippen LogP contribution in [-0.2, 0) is 4.74 Å². The average molecular weight is 268 g/mol. The van der Waals surface area contributed by atoms with Gasteiger partial charge in [0.2, 0.25) is 0 Å². The molecule has 0 N–H and O–H groups in total. The number of hydrogen-bond donors (Lipinski definition) is 0. The van der Waals surface area contributed by atoms with Gasteiger partial charge in [0.05, 0.1) is 22.8 Å². The van der Waals surface area contributed by atoms with Gasteiger partial charge in [-0.2, -0.15) is 0 Å². The van der Waals surface area contributed by atoms with Crippen LogP contribution >= 0.6 is 23.2 Å². The fraction of sp³-hybridized carbons (Fsp3) is 0.400. The summed E-state index contributed by atoms with van der Waals surface area (Å²) in [5.41, 5.74) is -0.183. The van der Waals surface area contributed by atoms with Crippen LogP contribution in [0.3, 0.4) is 0 Å². The summed E-state index contributed by atoms with van der Waals surface area (Å²) >= 11 is 11.1. The third-order valence-electron chi connectivity index (χ3n) is 1.57. The number of ether oxygens (including phenoxy) is 1. The van der Waals surface area contributed by atoms with Crippen LogP contribution in [0.1, 0.15) is 30.0 Å². The van der Waals surface area contributed by atoms with Gasteiger partial charge < -0.3 is 4.74 Å². The number of carbonyl (C=O) groups is 1. The lowest BCUT2D eigenvalue weighted by Gasteiger charge is -2.05. The van der Waals surface area contributed by atoms with E-state index in [0.29, 0.717) is 0 Å². The number of pyridine rings is 1. The highest BCUT2D eigenvalue weighted by atomic mass is 35.5. The fourth-order valence-electron chi connectivity index (χ4n) is 0.857. The lowest BCUT2D eigenvalue weighted by Crippen LogP contribution is -2.08. The minimum Gasteiger partial charge on any atom is -0.464 e. The lowest BCUT2D eigenvalue weighted by atomic mass is 10.3. The molecule has 90 valence electrons. The summed E-state index contributed by atoms with van der Waals surface area (Å²) in [4.78, 5) is 14.7. The Morgan fingerprint density at radius 3 is 2.25 bits per heavy atom. The molecule has 0 amide bonds. The van der Waals surface area contributed by atoms with Crippen molar-refractivity contribution in [3.8, 4) is 0 Å². The number of nitrogens with zero attached hydrogens (tertiary/aromatic N) is 1. The van der Waals surface area contributed by atoms with Gasteiger partial charge in [0.25, 0.3) is 0 Å². The van der Waals surface area contributed by atoms with Gasteiger partial charge in [0.1, 0.15) is 0 Å². The van der Waals surface area contributed by atoms with E-state index >= 15 is 0 Å². The molecule has 6 heteroatoms. The van der Waals surface area contributed by atoms with E-state index in [1.807, 2.05) is 13.8 Å². The molecule has 1 aromatic rings. The van der Waals surface area contributed by atoms with Gasteiger partial charge in [0, 0.05) is 0 Å². The van der Waals surface area contributed by atoms with Crippen LogP contribution in [0.2, 0.25) is 10.0 Å². The van der Waals surface area contributed by atoms with Gasteiger partial charge in [-0.25, -0.2) is 14.2 Å². The molecule has 0 unspecified atom stereocenters.